The van der Waals surface area contributed by atoms with Gasteiger partial charge in [-0.15, -0.1) is 0 Å². The number of benzene rings is 2. The van der Waals surface area contributed by atoms with E-state index in [1.807, 2.05) is 0 Å². The lowest BCUT2D eigenvalue weighted by molar-refractivity contribution is 0.0697. The summed E-state index contributed by atoms with van der Waals surface area (Å²) in [4.78, 5) is 17.9. The number of nitrogens with zero attached hydrogens (tertiary/aromatic N) is 2. The summed E-state index contributed by atoms with van der Waals surface area (Å²) < 4.78 is 0. The Bertz CT molecular complexity index is 1120. The number of aromatic carboxylic acids is 1. The molecule has 1 aliphatic carbocycles. The third kappa shape index (κ3) is 3.93. The summed E-state index contributed by atoms with van der Waals surface area (Å²) in [6.45, 7) is 1.61. The molecule has 31 heavy (non-hydrogen) atoms. The summed E-state index contributed by atoms with van der Waals surface area (Å²) >= 11 is 0. The molecule has 0 radical (unpaired) electrons. The van der Waals surface area contributed by atoms with Crippen molar-refractivity contribution in [2.45, 2.75) is 31.2 Å². The molecule has 2 heterocycles. The number of fused-ring (bicyclic) bond motifs is 1. The van der Waals surface area contributed by atoms with Crippen LogP contribution in [0, 0.1) is 0 Å². The highest BCUT2D eigenvalue weighted by molar-refractivity contribution is 5.93. The molecule has 2 N–H and O–H groups in total. The van der Waals surface area contributed by atoms with Gasteiger partial charge in [0.2, 0.25) is 0 Å². The SMILES string of the molecule is CN1CCc2cc(-c3ccccc3C3CC3)ccc2[C@@H]1CNc1cnccc1C(=O)O. The number of pyridine rings is 1. The van der Waals surface area contributed by atoms with Crippen molar-refractivity contribution in [1.82, 2.24) is 9.88 Å². The number of nitrogens with one attached hydrogen (secondary N) is 1. The number of hydrogen-bond acceptors (Lipinski definition) is 4. The highest BCUT2D eigenvalue weighted by Crippen LogP contribution is 2.45. The number of rotatable bonds is 6. The minimum Gasteiger partial charge on any atom is -0.478 e. The second kappa shape index (κ2) is 8.16. The van der Waals surface area contributed by atoms with Crippen LogP contribution in [-0.4, -0.2) is 41.1 Å². The van der Waals surface area contributed by atoms with Gasteiger partial charge in [0.15, 0.2) is 0 Å². The van der Waals surface area contributed by atoms with Crippen molar-refractivity contribution in [2.75, 3.05) is 25.5 Å². The van der Waals surface area contributed by atoms with Crippen molar-refractivity contribution < 1.29 is 9.90 Å². The van der Waals surface area contributed by atoms with E-state index in [0.29, 0.717) is 12.2 Å². The van der Waals surface area contributed by atoms with Crippen LogP contribution in [0.5, 0.6) is 0 Å². The molecule has 1 fully saturated rings. The molecular formula is C26H27N3O2. The van der Waals surface area contributed by atoms with Crippen LogP contribution in [0.3, 0.4) is 0 Å². The zero-order valence-electron chi connectivity index (χ0n) is 17.7. The van der Waals surface area contributed by atoms with Crippen LogP contribution in [0.4, 0.5) is 5.69 Å². The highest BCUT2D eigenvalue weighted by Gasteiger charge is 2.28. The quantitative estimate of drug-likeness (QED) is 0.598. The summed E-state index contributed by atoms with van der Waals surface area (Å²) in [5, 5.41) is 12.8. The molecule has 3 aromatic rings. The average molecular weight is 414 g/mol. The van der Waals surface area contributed by atoms with Gasteiger partial charge in [0.05, 0.1) is 23.5 Å². The molecular weight excluding hydrogens is 386 g/mol. The third-order valence-electron chi connectivity index (χ3n) is 6.59. The predicted molar refractivity (Wildman–Crippen MR) is 123 cm³/mol. The number of anilines is 1. The molecule has 5 nitrogen and oxygen atoms in total. The van der Waals surface area contributed by atoms with Gasteiger partial charge in [-0.1, -0.05) is 42.5 Å². The Labute approximate surface area is 182 Å². The van der Waals surface area contributed by atoms with Crippen LogP contribution in [0.15, 0.2) is 60.9 Å². The van der Waals surface area contributed by atoms with Crippen molar-refractivity contribution in [3.8, 4) is 11.1 Å². The molecule has 158 valence electrons. The number of carbonyl (C=O) groups is 1. The maximum atomic E-state index is 11.5. The minimum absolute atomic E-state index is 0.179. The van der Waals surface area contributed by atoms with Gasteiger partial charge in [-0.2, -0.15) is 0 Å². The molecule has 1 atom stereocenters. The summed E-state index contributed by atoms with van der Waals surface area (Å²) in [6, 6.07) is 17.4. The molecule has 2 aromatic carbocycles. The molecule has 5 rings (SSSR count). The number of carboxylic acids is 1. The maximum absolute atomic E-state index is 11.5. The topological polar surface area (TPSA) is 65.5 Å². The van der Waals surface area contributed by atoms with E-state index in [0.717, 1.165) is 18.9 Å². The number of likely N-dealkylation sites (N-methyl/N-ethyl adjacent to an activating group) is 1. The average Bonchev–Trinajstić information content (AvgIpc) is 3.64. The number of hydrogen-bond donors (Lipinski definition) is 2. The van der Waals surface area contributed by atoms with E-state index in [-0.39, 0.29) is 11.6 Å². The van der Waals surface area contributed by atoms with E-state index in [4.69, 9.17) is 0 Å². The maximum Gasteiger partial charge on any atom is 0.337 e. The van der Waals surface area contributed by atoms with Crippen molar-refractivity contribution in [1.29, 1.82) is 0 Å². The zero-order chi connectivity index (χ0) is 21.4. The van der Waals surface area contributed by atoms with Gasteiger partial charge in [-0.25, -0.2) is 4.79 Å². The van der Waals surface area contributed by atoms with E-state index >= 15 is 0 Å². The van der Waals surface area contributed by atoms with Gasteiger partial charge in [0, 0.05) is 19.3 Å². The van der Waals surface area contributed by atoms with Crippen molar-refractivity contribution >= 4 is 11.7 Å². The van der Waals surface area contributed by atoms with Crippen LogP contribution in [0.2, 0.25) is 0 Å². The molecule has 0 spiro atoms. The van der Waals surface area contributed by atoms with Crippen molar-refractivity contribution in [2.24, 2.45) is 0 Å². The Morgan fingerprint density at radius 3 is 2.81 bits per heavy atom. The van der Waals surface area contributed by atoms with Crippen LogP contribution in [0.25, 0.3) is 11.1 Å². The van der Waals surface area contributed by atoms with Crippen LogP contribution in [0.1, 0.15) is 51.8 Å². The van der Waals surface area contributed by atoms with Crippen LogP contribution in [-0.2, 0) is 6.42 Å². The fourth-order valence-electron chi connectivity index (χ4n) is 4.71. The first-order chi connectivity index (χ1) is 15.1. The second-order valence-electron chi connectivity index (χ2n) is 8.63. The van der Waals surface area contributed by atoms with Gasteiger partial charge in [-0.3, -0.25) is 9.88 Å². The lowest BCUT2D eigenvalue weighted by atomic mass is 9.88. The highest BCUT2D eigenvalue weighted by atomic mass is 16.4. The molecule has 2 aliphatic rings. The van der Waals surface area contributed by atoms with Gasteiger partial charge in [0.1, 0.15) is 0 Å². The Hall–Kier alpha value is -3.18. The van der Waals surface area contributed by atoms with Gasteiger partial charge in [0.25, 0.3) is 0 Å². The zero-order valence-corrected chi connectivity index (χ0v) is 17.7. The standard InChI is InChI=1S/C26H27N3O2/c1-29-13-11-19-14-18(21-5-3-2-4-20(21)17-6-7-17)8-9-22(19)25(29)16-28-24-15-27-12-10-23(24)26(30)31/h2-5,8-10,12,14-15,17,25,28H,6-7,11,13,16H2,1H3,(H,30,31)/t25-/m0/s1. The van der Waals surface area contributed by atoms with Gasteiger partial charge >= 0.3 is 5.97 Å². The molecule has 0 saturated heterocycles. The Kier molecular flexibility index (Phi) is 5.20. The normalized spacial score (nSPS) is 18.4. The molecule has 1 aromatic heterocycles. The van der Waals surface area contributed by atoms with Crippen molar-refractivity contribution in [3.05, 3.63) is 83.2 Å². The number of aromatic nitrogens is 1. The van der Waals surface area contributed by atoms with Crippen LogP contribution >= 0.6 is 0 Å². The first-order valence-corrected chi connectivity index (χ1v) is 11.0. The van der Waals surface area contributed by atoms with E-state index < -0.39 is 5.97 Å². The number of carboxylic acid groups (broad SMARTS) is 1. The fourth-order valence-corrected chi connectivity index (χ4v) is 4.71. The fraction of sp³-hybridized carbons (Fsp3) is 0.308. The lowest BCUT2D eigenvalue weighted by Gasteiger charge is -2.35. The molecule has 5 heteroatoms. The summed E-state index contributed by atoms with van der Waals surface area (Å²) in [5.41, 5.74) is 7.66. The third-order valence-corrected chi connectivity index (χ3v) is 6.59. The van der Waals surface area contributed by atoms with E-state index in [9.17, 15) is 9.90 Å². The van der Waals surface area contributed by atoms with E-state index in [1.54, 1.807) is 6.20 Å². The van der Waals surface area contributed by atoms with Crippen molar-refractivity contribution in [3.63, 3.8) is 0 Å². The van der Waals surface area contributed by atoms with Crippen LogP contribution < -0.4 is 5.32 Å². The Morgan fingerprint density at radius 1 is 1.16 bits per heavy atom. The molecule has 0 amide bonds. The first-order valence-electron chi connectivity index (χ1n) is 11.0. The predicted octanol–water partition coefficient (Wildman–Crippen LogP) is 4.97. The monoisotopic (exact) mass is 413 g/mol. The largest absolute Gasteiger partial charge is 0.478 e. The molecule has 0 unspecified atom stereocenters. The second-order valence-corrected chi connectivity index (χ2v) is 8.63. The summed E-state index contributed by atoms with van der Waals surface area (Å²) in [6.07, 6.45) is 6.72. The molecule has 1 saturated carbocycles. The molecule has 1 aliphatic heterocycles. The lowest BCUT2D eigenvalue weighted by Crippen LogP contribution is -2.36. The first kappa shape index (κ1) is 19.8. The Morgan fingerprint density at radius 2 is 2.00 bits per heavy atom. The minimum atomic E-state index is -0.943. The summed E-state index contributed by atoms with van der Waals surface area (Å²) in [5.74, 6) is -0.223. The molecule has 0 bridgehead atoms. The van der Waals surface area contributed by atoms with E-state index in [1.165, 1.54) is 52.9 Å². The smallest absolute Gasteiger partial charge is 0.337 e. The Balaban J connectivity index is 1.42. The van der Waals surface area contributed by atoms with Gasteiger partial charge in [-0.05, 0) is 66.1 Å². The summed E-state index contributed by atoms with van der Waals surface area (Å²) in [7, 11) is 2.13. The van der Waals surface area contributed by atoms with Gasteiger partial charge < -0.3 is 10.4 Å². The van der Waals surface area contributed by atoms with E-state index in [2.05, 4.69) is 64.7 Å².